The lowest BCUT2D eigenvalue weighted by molar-refractivity contribution is -0.105. The molecule has 0 aliphatic carbocycles. The maximum Gasteiger partial charge on any atom is 0.414 e. The number of allylic oxidation sites excluding steroid dienone is 1. The van der Waals surface area contributed by atoms with Gasteiger partial charge in [-0.2, -0.15) is 0 Å². The maximum atomic E-state index is 11.7. The van der Waals surface area contributed by atoms with Gasteiger partial charge in [0, 0.05) is 18.3 Å². The summed E-state index contributed by atoms with van der Waals surface area (Å²) in [4.78, 5) is 24.0. The van der Waals surface area contributed by atoms with Crippen LogP contribution in [0.4, 0.5) is 4.79 Å². The highest BCUT2D eigenvalue weighted by molar-refractivity contribution is 5.77. The van der Waals surface area contributed by atoms with Crippen molar-refractivity contribution in [3.05, 3.63) is 11.8 Å². The minimum Gasteiger partial charge on any atom is -0.443 e. The van der Waals surface area contributed by atoms with Gasteiger partial charge in [-0.05, 0) is 33.1 Å². The Hall–Kier alpha value is -1.32. The first-order chi connectivity index (χ1) is 7.33. The summed E-state index contributed by atoms with van der Waals surface area (Å²) in [6.07, 6.45) is 2.80. The molecule has 1 unspecified atom stereocenters. The normalized spacial score (nSPS) is 21.4. The fourth-order valence-electron chi connectivity index (χ4n) is 1.48. The molecule has 0 fully saturated rings. The Morgan fingerprint density at radius 3 is 2.69 bits per heavy atom. The van der Waals surface area contributed by atoms with E-state index in [4.69, 9.17) is 4.74 Å². The number of hydrogen-bond donors (Lipinski definition) is 0. The molecule has 90 valence electrons. The maximum absolute atomic E-state index is 11.7. The average Bonchev–Trinajstić information content (AvgIpc) is 2.15. The van der Waals surface area contributed by atoms with Crippen LogP contribution in [0.25, 0.3) is 0 Å². The first-order valence-corrected chi connectivity index (χ1v) is 5.50. The summed E-state index contributed by atoms with van der Waals surface area (Å²) in [7, 11) is 0. The third-order valence-electron chi connectivity index (χ3n) is 2.44. The lowest BCUT2D eigenvalue weighted by atomic mass is 9.96. The molecule has 0 radical (unpaired) electrons. The van der Waals surface area contributed by atoms with Crippen molar-refractivity contribution in [2.75, 3.05) is 6.54 Å². The highest BCUT2D eigenvalue weighted by Crippen LogP contribution is 2.21. The van der Waals surface area contributed by atoms with Crippen LogP contribution in [0.1, 0.15) is 34.1 Å². The highest BCUT2D eigenvalue weighted by Gasteiger charge is 2.25. The van der Waals surface area contributed by atoms with Crippen molar-refractivity contribution in [2.45, 2.75) is 39.7 Å². The molecule has 0 spiro atoms. The van der Waals surface area contributed by atoms with E-state index in [0.29, 0.717) is 12.1 Å². The summed E-state index contributed by atoms with van der Waals surface area (Å²) in [6, 6.07) is 0. The van der Waals surface area contributed by atoms with Gasteiger partial charge in [0.2, 0.25) is 0 Å². The smallest absolute Gasteiger partial charge is 0.414 e. The topological polar surface area (TPSA) is 46.6 Å². The van der Waals surface area contributed by atoms with Crippen LogP contribution < -0.4 is 0 Å². The predicted octanol–water partition coefficient (Wildman–Crippen LogP) is 2.35. The molecular weight excluding hydrogens is 206 g/mol. The number of rotatable bonds is 1. The van der Waals surface area contributed by atoms with E-state index in [1.807, 2.05) is 27.7 Å². The van der Waals surface area contributed by atoms with E-state index < -0.39 is 11.7 Å². The SMILES string of the molecule is CC1CCN(C(=O)OC(C)(C)C)C=C1C=O. The van der Waals surface area contributed by atoms with Gasteiger partial charge in [0.25, 0.3) is 0 Å². The van der Waals surface area contributed by atoms with Crippen LogP contribution in [0.5, 0.6) is 0 Å². The molecule has 1 aliphatic rings. The molecule has 16 heavy (non-hydrogen) atoms. The second-order valence-electron chi connectivity index (χ2n) is 5.11. The fourth-order valence-corrected chi connectivity index (χ4v) is 1.48. The van der Waals surface area contributed by atoms with Crippen LogP contribution in [0.15, 0.2) is 11.8 Å². The summed E-state index contributed by atoms with van der Waals surface area (Å²) in [5.74, 6) is 0.219. The average molecular weight is 225 g/mol. The van der Waals surface area contributed by atoms with Crippen molar-refractivity contribution in [1.29, 1.82) is 0 Å². The van der Waals surface area contributed by atoms with Gasteiger partial charge < -0.3 is 4.74 Å². The molecule has 1 aliphatic heterocycles. The van der Waals surface area contributed by atoms with Gasteiger partial charge >= 0.3 is 6.09 Å². The number of nitrogens with zero attached hydrogens (tertiary/aromatic N) is 1. The molecule has 1 amide bonds. The van der Waals surface area contributed by atoms with Gasteiger partial charge in [0.15, 0.2) is 0 Å². The van der Waals surface area contributed by atoms with Crippen LogP contribution in [0.2, 0.25) is 0 Å². The van der Waals surface area contributed by atoms with Crippen molar-refractivity contribution in [3.8, 4) is 0 Å². The summed E-state index contributed by atoms with van der Waals surface area (Å²) in [5, 5.41) is 0. The second-order valence-corrected chi connectivity index (χ2v) is 5.11. The Balaban J connectivity index is 2.72. The number of hydrogen-bond acceptors (Lipinski definition) is 3. The largest absolute Gasteiger partial charge is 0.443 e. The Bertz CT molecular complexity index is 315. The first kappa shape index (κ1) is 12.7. The van der Waals surface area contributed by atoms with Gasteiger partial charge in [-0.15, -0.1) is 0 Å². The number of aldehydes is 1. The van der Waals surface area contributed by atoms with E-state index in [0.717, 1.165) is 12.7 Å². The van der Waals surface area contributed by atoms with Gasteiger partial charge in [0.05, 0.1) is 0 Å². The van der Waals surface area contributed by atoms with E-state index in [1.165, 1.54) is 4.90 Å². The molecule has 1 rings (SSSR count). The van der Waals surface area contributed by atoms with Crippen LogP contribution in [0.3, 0.4) is 0 Å². The summed E-state index contributed by atoms with van der Waals surface area (Å²) in [5.41, 5.74) is 0.145. The van der Waals surface area contributed by atoms with Crippen molar-refractivity contribution < 1.29 is 14.3 Å². The lowest BCUT2D eigenvalue weighted by Crippen LogP contribution is -2.37. The number of carbonyl (C=O) groups excluding carboxylic acids is 2. The molecule has 0 bridgehead atoms. The van der Waals surface area contributed by atoms with Crippen molar-refractivity contribution >= 4 is 12.4 Å². The molecule has 0 N–H and O–H groups in total. The van der Waals surface area contributed by atoms with Crippen LogP contribution in [0, 0.1) is 5.92 Å². The minimum absolute atomic E-state index is 0.219. The van der Waals surface area contributed by atoms with Crippen molar-refractivity contribution in [3.63, 3.8) is 0 Å². The molecule has 0 aromatic rings. The summed E-state index contributed by atoms with van der Waals surface area (Å²) < 4.78 is 5.23. The molecule has 0 saturated carbocycles. The molecule has 1 heterocycles. The molecule has 1 atom stereocenters. The number of amides is 1. The highest BCUT2D eigenvalue weighted by atomic mass is 16.6. The summed E-state index contributed by atoms with van der Waals surface area (Å²) in [6.45, 7) is 8.05. The third-order valence-corrected chi connectivity index (χ3v) is 2.44. The molecule has 0 saturated heterocycles. The fraction of sp³-hybridized carbons (Fsp3) is 0.667. The van der Waals surface area contributed by atoms with Crippen LogP contribution in [-0.2, 0) is 9.53 Å². The van der Waals surface area contributed by atoms with E-state index in [2.05, 4.69) is 0 Å². The lowest BCUT2D eigenvalue weighted by Gasteiger charge is -2.29. The molecular formula is C12H19NO3. The minimum atomic E-state index is -0.505. The van der Waals surface area contributed by atoms with Gasteiger partial charge in [-0.3, -0.25) is 9.69 Å². The van der Waals surface area contributed by atoms with Crippen molar-refractivity contribution in [2.24, 2.45) is 5.92 Å². The molecule has 4 nitrogen and oxygen atoms in total. The van der Waals surface area contributed by atoms with E-state index in [-0.39, 0.29) is 5.92 Å². The van der Waals surface area contributed by atoms with Crippen LogP contribution in [-0.4, -0.2) is 29.4 Å². The molecule has 4 heteroatoms. The second kappa shape index (κ2) is 4.68. The van der Waals surface area contributed by atoms with E-state index >= 15 is 0 Å². The standard InChI is InChI=1S/C12H19NO3/c1-9-5-6-13(7-10(9)8-14)11(15)16-12(2,3)4/h7-9H,5-6H2,1-4H3. The van der Waals surface area contributed by atoms with Gasteiger partial charge in [-0.1, -0.05) is 6.92 Å². The number of ether oxygens (including phenoxy) is 1. The summed E-state index contributed by atoms with van der Waals surface area (Å²) >= 11 is 0. The van der Waals surface area contributed by atoms with E-state index in [1.54, 1.807) is 6.20 Å². The zero-order chi connectivity index (χ0) is 12.3. The van der Waals surface area contributed by atoms with Gasteiger partial charge in [0.1, 0.15) is 11.9 Å². The molecule has 0 aromatic carbocycles. The Morgan fingerprint density at radius 2 is 2.19 bits per heavy atom. The Morgan fingerprint density at radius 1 is 1.56 bits per heavy atom. The monoisotopic (exact) mass is 225 g/mol. The van der Waals surface area contributed by atoms with Crippen LogP contribution >= 0.6 is 0 Å². The predicted molar refractivity (Wildman–Crippen MR) is 60.9 cm³/mol. The first-order valence-electron chi connectivity index (χ1n) is 5.50. The zero-order valence-corrected chi connectivity index (χ0v) is 10.3. The number of carbonyl (C=O) groups is 2. The Kier molecular flexibility index (Phi) is 3.73. The third kappa shape index (κ3) is 3.36. The van der Waals surface area contributed by atoms with Gasteiger partial charge in [-0.25, -0.2) is 4.79 Å². The van der Waals surface area contributed by atoms with E-state index in [9.17, 15) is 9.59 Å². The Labute approximate surface area is 96.3 Å². The van der Waals surface area contributed by atoms with Crippen molar-refractivity contribution in [1.82, 2.24) is 4.90 Å². The zero-order valence-electron chi connectivity index (χ0n) is 10.3. The molecule has 0 aromatic heterocycles. The quantitative estimate of drug-likeness (QED) is 0.643.